The third kappa shape index (κ3) is 3.68. The molecule has 1 heterocycles. The summed E-state index contributed by atoms with van der Waals surface area (Å²) in [7, 11) is 0. The van der Waals surface area contributed by atoms with Gasteiger partial charge in [0.05, 0.1) is 0 Å². The lowest BCUT2D eigenvalue weighted by molar-refractivity contribution is -0.0484. The van der Waals surface area contributed by atoms with E-state index in [-0.39, 0.29) is 6.04 Å². The molecule has 1 saturated heterocycles. The Morgan fingerprint density at radius 3 is 2.60 bits per heavy atom. The minimum Gasteiger partial charge on any atom is -0.444 e. The summed E-state index contributed by atoms with van der Waals surface area (Å²) in [5, 5.41) is 9.65. The van der Waals surface area contributed by atoms with Crippen LogP contribution < -0.4 is 5.73 Å². The Balaban J connectivity index is 2.53. The number of ether oxygens (including phenoxy) is 1. The van der Waals surface area contributed by atoms with E-state index in [1.54, 1.807) is 20.8 Å². The smallest absolute Gasteiger partial charge is 0.412 e. The topological polar surface area (TPSA) is 75.8 Å². The van der Waals surface area contributed by atoms with E-state index < -0.39 is 17.9 Å². The predicted octanol–water partition coefficient (Wildman–Crippen LogP) is 0.663. The van der Waals surface area contributed by atoms with E-state index in [0.29, 0.717) is 19.4 Å². The van der Waals surface area contributed by atoms with E-state index in [1.165, 1.54) is 4.90 Å². The van der Waals surface area contributed by atoms with E-state index in [2.05, 4.69) is 0 Å². The summed E-state index contributed by atoms with van der Waals surface area (Å²) in [5.74, 6) is 0. The van der Waals surface area contributed by atoms with E-state index in [1.807, 2.05) is 0 Å². The number of nitrogens with zero attached hydrogens (tertiary/aromatic N) is 1. The van der Waals surface area contributed by atoms with Crippen molar-refractivity contribution in [1.82, 2.24) is 4.90 Å². The zero-order valence-corrected chi connectivity index (χ0v) is 9.56. The third-order valence-electron chi connectivity index (χ3n) is 2.24. The molecule has 2 atom stereocenters. The van der Waals surface area contributed by atoms with Gasteiger partial charge in [-0.25, -0.2) is 4.79 Å². The molecule has 0 spiro atoms. The van der Waals surface area contributed by atoms with Crippen LogP contribution in [0.5, 0.6) is 0 Å². The number of carbonyl (C=O) groups excluding carboxylic acids is 1. The van der Waals surface area contributed by atoms with Crippen molar-refractivity contribution in [3.63, 3.8) is 0 Å². The highest BCUT2D eigenvalue weighted by Gasteiger charge is 2.31. The lowest BCUT2D eigenvalue weighted by Crippen LogP contribution is -2.51. The normalized spacial score (nSPS) is 27.7. The molecule has 88 valence electrons. The van der Waals surface area contributed by atoms with Crippen LogP contribution in [0.4, 0.5) is 4.79 Å². The molecule has 2 unspecified atom stereocenters. The van der Waals surface area contributed by atoms with Crippen LogP contribution >= 0.6 is 0 Å². The van der Waals surface area contributed by atoms with Gasteiger partial charge in [0.15, 0.2) is 0 Å². The first kappa shape index (κ1) is 12.3. The van der Waals surface area contributed by atoms with Crippen molar-refractivity contribution in [3.8, 4) is 0 Å². The quantitative estimate of drug-likeness (QED) is 0.624. The minimum atomic E-state index is -0.816. The van der Waals surface area contributed by atoms with E-state index in [0.717, 1.165) is 0 Å². The number of aliphatic hydroxyl groups is 1. The first-order valence-corrected chi connectivity index (χ1v) is 5.23. The molecule has 5 heteroatoms. The molecule has 0 bridgehead atoms. The maximum atomic E-state index is 11.6. The number of likely N-dealkylation sites (tertiary alicyclic amines) is 1. The minimum absolute atomic E-state index is 0.0290. The maximum Gasteiger partial charge on any atom is 0.412 e. The second kappa shape index (κ2) is 4.37. The number of rotatable bonds is 0. The average molecular weight is 216 g/mol. The Bertz CT molecular complexity index is 237. The van der Waals surface area contributed by atoms with Crippen molar-refractivity contribution in [2.24, 2.45) is 5.73 Å². The van der Waals surface area contributed by atoms with Crippen molar-refractivity contribution >= 4 is 6.09 Å². The van der Waals surface area contributed by atoms with E-state index >= 15 is 0 Å². The lowest BCUT2D eigenvalue weighted by Gasteiger charge is -2.35. The van der Waals surface area contributed by atoms with Crippen molar-refractivity contribution in [2.75, 3.05) is 6.54 Å². The number of aliphatic hydroxyl groups excluding tert-OH is 1. The van der Waals surface area contributed by atoms with Gasteiger partial charge in [0.2, 0.25) is 0 Å². The molecule has 3 N–H and O–H groups in total. The van der Waals surface area contributed by atoms with Crippen molar-refractivity contribution in [1.29, 1.82) is 0 Å². The highest BCUT2D eigenvalue weighted by molar-refractivity contribution is 5.68. The molecule has 1 amide bonds. The average Bonchev–Trinajstić information content (AvgIpc) is 1.99. The highest BCUT2D eigenvalue weighted by atomic mass is 16.6. The van der Waals surface area contributed by atoms with Crippen molar-refractivity contribution in [2.45, 2.75) is 51.5 Å². The number of nitrogens with two attached hydrogens (primary N) is 1. The van der Waals surface area contributed by atoms with Crippen LogP contribution in [0.1, 0.15) is 33.6 Å². The molecule has 0 aromatic heterocycles. The zero-order valence-electron chi connectivity index (χ0n) is 9.56. The van der Waals surface area contributed by atoms with Gasteiger partial charge >= 0.3 is 6.09 Å². The molecule has 1 fully saturated rings. The Hall–Kier alpha value is -0.810. The molecule has 1 aliphatic heterocycles. The molecule has 0 aromatic carbocycles. The SMILES string of the molecule is CC(C)(C)OC(=O)N1CCC(N)CC1O. The molecule has 0 aliphatic carbocycles. The standard InChI is InChI=1S/C10H20N2O3/c1-10(2,3)15-9(14)12-5-4-7(11)6-8(12)13/h7-8,13H,4-6,11H2,1-3H3. The molecule has 0 aromatic rings. The Labute approximate surface area is 90.2 Å². The summed E-state index contributed by atoms with van der Waals surface area (Å²) < 4.78 is 5.17. The molecule has 15 heavy (non-hydrogen) atoms. The van der Waals surface area contributed by atoms with Crippen LogP contribution in [0.25, 0.3) is 0 Å². The second-order valence-electron chi connectivity index (χ2n) is 4.94. The first-order valence-electron chi connectivity index (χ1n) is 5.23. The Kier molecular flexibility index (Phi) is 3.57. The Morgan fingerprint density at radius 2 is 2.13 bits per heavy atom. The molecule has 0 saturated carbocycles. The van der Waals surface area contributed by atoms with Crippen LogP contribution in [0, 0.1) is 0 Å². The summed E-state index contributed by atoms with van der Waals surface area (Å²) in [6, 6.07) is -0.0290. The summed E-state index contributed by atoms with van der Waals surface area (Å²) in [4.78, 5) is 13.0. The lowest BCUT2D eigenvalue weighted by atomic mass is 10.1. The fourth-order valence-corrected chi connectivity index (χ4v) is 1.50. The van der Waals surface area contributed by atoms with Gasteiger partial charge in [0.25, 0.3) is 0 Å². The van der Waals surface area contributed by atoms with Crippen molar-refractivity contribution < 1.29 is 14.6 Å². The van der Waals surface area contributed by atoms with Gasteiger partial charge in [-0.05, 0) is 27.2 Å². The predicted molar refractivity (Wildman–Crippen MR) is 56.2 cm³/mol. The van der Waals surface area contributed by atoms with Crippen molar-refractivity contribution in [3.05, 3.63) is 0 Å². The van der Waals surface area contributed by atoms with Gasteiger partial charge < -0.3 is 15.6 Å². The summed E-state index contributed by atoms with van der Waals surface area (Å²) in [6.45, 7) is 5.85. The van der Waals surface area contributed by atoms with Crippen LogP contribution in [0.2, 0.25) is 0 Å². The van der Waals surface area contributed by atoms with Gasteiger partial charge in [0.1, 0.15) is 11.8 Å². The number of carbonyl (C=O) groups is 1. The van der Waals surface area contributed by atoms with E-state index in [4.69, 9.17) is 10.5 Å². The number of hydrogen-bond donors (Lipinski definition) is 2. The summed E-state index contributed by atoms with van der Waals surface area (Å²) >= 11 is 0. The monoisotopic (exact) mass is 216 g/mol. The molecule has 1 aliphatic rings. The van der Waals surface area contributed by atoms with Crippen LogP contribution in [-0.2, 0) is 4.74 Å². The molecular weight excluding hydrogens is 196 g/mol. The molecule has 1 rings (SSSR count). The van der Waals surface area contributed by atoms with Gasteiger partial charge in [-0.3, -0.25) is 4.90 Å². The van der Waals surface area contributed by atoms with Gasteiger partial charge in [-0.1, -0.05) is 0 Å². The fourth-order valence-electron chi connectivity index (χ4n) is 1.50. The zero-order chi connectivity index (χ0) is 11.6. The molecular formula is C10H20N2O3. The van der Waals surface area contributed by atoms with Gasteiger partial charge in [-0.15, -0.1) is 0 Å². The summed E-state index contributed by atoms with van der Waals surface area (Å²) in [5.41, 5.74) is 5.14. The van der Waals surface area contributed by atoms with Crippen LogP contribution in [0.3, 0.4) is 0 Å². The number of amides is 1. The number of piperidine rings is 1. The van der Waals surface area contributed by atoms with Crippen LogP contribution in [0.15, 0.2) is 0 Å². The second-order valence-corrected chi connectivity index (χ2v) is 4.94. The number of hydrogen-bond acceptors (Lipinski definition) is 4. The van der Waals surface area contributed by atoms with Gasteiger partial charge in [0, 0.05) is 19.0 Å². The third-order valence-corrected chi connectivity index (χ3v) is 2.24. The fraction of sp³-hybridized carbons (Fsp3) is 0.900. The Morgan fingerprint density at radius 1 is 1.53 bits per heavy atom. The first-order chi connectivity index (χ1) is 6.79. The summed E-state index contributed by atoms with van der Waals surface area (Å²) in [6.07, 6.45) is -0.166. The van der Waals surface area contributed by atoms with Crippen LogP contribution in [-0.4, -0.2) is 40.5 Å². The molecule has 0 radical (unpaired) electrons. The largest absolute Gasteiger partial charge is 0.444 e. The van der Waals surface area contributed by atoms with Gasteiger partial charge in [-0.2, -0.15) is 0 Å². The molecule has 5 nitrogen and oxygen atoms in total. The maximum absolute atomic E-state index is 11.6. The van der Waals surface area contributed by atoms with E-state index in [9.17, 15) is 9.90 Å². The highest BCUT2D eigenvalue weighted by Crippen LogP contribution is 2.18.